The molecule has 134 valence electrons. The molecule has 1 N–H and O–H groups in total. The zero-order chi connectivity index (χ0) is 18.8. The topological polar surface area (TPSA) is 76.1 Å². The predicted octanol–water partition coefficient (Wildman–Crippen LogP) is 3.32. The van der Waals surface area contributed by atoms with Crippen molar-refractivity contribution in [1.29, 1.82) is 0 Å². The third-order valence-electron chi connectivity index (χ3n) is 3.90. The molecule has 0 aliphatic carbocycles. The van der Waals surface area contributed by atoms with E-state index >= 15 is 0 Å². The summed E-state index contributed by atoms with van der Waals surface area (Å²) in [5.41, 5.74) is 0.551. The lowest BCUT2D eigenvalue weighted by Crippen LogP contribution is -2.32. The van der Waals surface area contributed by atoms with Gasteiger partial charge in [-0.15, -0.1) is 0 Å². The summed E-state index contributed by atoms with van der Waals surface area (Å²) in [4.78, 5) is 26.6. The van der Waals surface area contributed by atoms with Crippen molar-refractivity contribution in [3.05, 3.63) is 59.9 Å². The number of carbonyl (C=O) groups is 2. The molecule has 0 radical (unpaired) electrons. The van der Waals surface area contributed by atoms with Gasteiger partial charge < -0.3 is 14.6 Å². The maximum Gasteiger partial charge on any atom is 0.301 e. The Morgan fingerprint density at radius 2 is 1.54 bits per heavy atom. The smallest absolute Gasteiger partial charge is 0.301 e. The summed E-state index contributed by atoms with van der Waals surface area (Å²) in [6.45, 7) is 3.70. The average Bonchev–Trinajstić information content (AvgIpc) is 2.84. The van der Waals surface area contributed by atoms with E-state index in [1.54, 1.807) is 48.5 Å². The molecule has 3 rings (SSSR count). The van der Waals surface area contributed by atoms with Crippen molar-refractivity contribution in [2.24, 2.45) is 0 Å². The fraction of sp³-hybridized carbons (Fsp3) is 0.200. The number of hydrogen-bond acceptors (Lipinski definition) is 5. The van der Waals surface area contributed by atoms with E-state index in [-0.39, 0.29) is 17.4 Å². The number of benzene rings is 2. The van der Waals surface area contributed by atoms with Gasteiger partial charge in [0, 0.05) is 5.56 Å². The van der Waals surface area contributed by atoms with Gasteiger partial charge in [0.2, 0.25) is 0 Å². The molecule has 0 fully saturated rings. The lowest BCUT2D eigenvalue weighted by atomic mass is 10.0. The third-order valence-corrected chi connectivity index (χ3v) is 3.90. The van der Waals surface area contributed by atoms with E-state index in [9.17, 15) is 14.7 Å². The van der Waals surface area contributed by atoms with Crippen molar-refractivity contribution in [3.8, 4) is 11.5 Å². The molecule has 0 unspecified atom stereocenters. The van der Waals surface area contributed by atoms with Crippen LogP contribution >= 0.6 is 0 Å². The standard InChI is InChI=1S/C20H19NO5/c1-12(2)26-16-11-7-5-9-14(16)21-19(23)17(18(22)20(21)24)13-8-4-6-10-15(13)25-3/h4-12,22H,1-3H3. The molecule has 0 atom stereocenters. The fourth-order valence-electron chi connectivity index (χ4n) is 2.83. The van der Waals surface area contributed by atoms with Crippen molar-refractivity contribution < 1.29 is 24.2 Å². The molecular formula is C20H19NO5. The van der Waals surface area contributed by atoms with Gasteiger partial charge in [0.25, 0.3) is 5.91 Å². The Morgan fingerprint density at radius 1 is 0.923 bits per heavy atom. The van der Waals surface area contributed by atoms with Crippen LogP contribution in [0.4, 0.5) is 5.69 Å². The summed E-state index contributed by atoms with van der Waals surface area (Å²) < 4.78 is 11.0. The molecule has 2 aromatic rings. The van der Waals surface area contributed by atoms with Crippen LogP contribution < -0.4 is 14.4 Å². The Labute approximate surface area is 151 Å². The third kappa shape index (κ3) is 2.90. The van der Waals surface area contributed by atoms with Crippen molar-refractivity contribution >= 4 is 23.1 Å². The van der Waals surface area contributed by atoms with Gasteiger partial charge in [0.1, 0.15) is 11.5 Å². The second kappa shape index (κ2) is 6.92. The maximum absolute atomic E-state index is 13.0. The number of nitrogens with zero attached hydrogens (tertiary/aromatic N) is 1. The van der Waals surface area contributed by atoms with Crippen LogP contribution in [-0.4, -0.2) is 30.1 Å². The minimum atomic E-state index is -0.796. The average molecular weight is 353 g/mol. The molecule has 0 aromatic heterocycles. The number of methoxy groups -OCH3 is 1. The molecule has 0 bridgehead atoms. The van der Waals surface area contributed by atoms with E-state index in [1.165, 1.54) is 7.11 Å². The van der Waals surface area contributed by atoms with Crippen LogP contribution in [0, 0.1) is 0 Å². The molecule has 1 aliphatic rings. The van der Waals surface area contributed by atoms with Crippen LogP contribution in [0.25, 0.3) is 5.57 Å². The number of hydrogen-bond donors (Lipinski definition) is 1. The summed E-state index contributed by atoms with van der Waals surface area (Å²) >= 11 is 0. The monoisotopic (exact) mass is 353 g/mol. The van der Waals surface area contributed by atoms with E-state index in [2.05, 4.69) is 0 Å². The molecule has 6 heteroatoms. The Hall–Kier alpha value is -3.28. The summed E-state index contributed by atoms with van der Waals surface area (Å²) in [7, 11) is 1.46. The zero-order valence-corrected chi connectivity index (χ0v) is 14.7. The summed E-state index contributed by atoms with van der Waals surface area (Å²) in [6.07, 6.45) is -0.140. The van der Waals surface area contributed by atoms with E-state index < -0.39 is 17.6 Å². The number of ether oxygens (including phenoxy) is 2. The lowest BCUT2D eigenvalue weighted by molar-refractivity contribution is -0.121. The van der Waals surface area contributed by atoms with E-state index in [0.29, 0.717) is 17.1 Å². The van der Waals surface area contributed by atoms with Crippen LogP contribution in [0.2, 0.25) is 0 Å². The highest BCUT2D eigenvalue weighted by Gasteiger charge is 2.42. The summed E-state index contributed by atoms with van der Waals surface area (Å²) in [5, 5.41) is 10.4. The number of anilines is 1. The first kappa shape index (κ1) is 17.5. The van der Waals surface area contributed by atoms with Gasteiger partial charge in [-0.3, -0.25) is 9.59 Å². The van der Waals surface area contributed by atoms with Crippen molar-refractivity contribution in [3.63, 3.8) is 0 Å². The van der Waals surface area contributed by atoms with Crippen molar-refractivity contribution in [1.82, 2.24) is 0 Å². The van der Waals surface area contributed by atoms with Crippen molar-refractivity contribution in [2.45, 2.75) is 20.0 Å². The first-order valence-corrected chi connectivity index (χ1v) is 8.16. The van der Waals surface area contributed by atoms with Gasteiger partial charge in [-0.05, 0) is 32.0 Å². The Morgan fingerprint density at radius 3 is 2.19 bits per heavy atom. The second-order valence-electron chi connectivity index (χ2n) is 6.00. The number of rotatable bonds is 5. The first-order valence-electron chi connectivity index (χ1n) is 8.16. The quantitative estimate of drug-likeness (QED) is 0.835. The molecule has 26 heavy (non-hydrogen) atoms. The van der Waals surface area contributed by atoms with E-state index in [4.69, 9.17) is 9.47 Å². The molecular weight excluding hydrogens is 334 g/mol. The molecule has 2 amide bonds. The van der Waals surface area contributed by atoms with Crippen LogP contribution in [-0.2, 0) is 9.59 Å². The minimum Gasteiger partial charge on any atom is -0.502 e. The molecule has 0 saturated carbocycles. The Bertz CT molecular complexity index is 901. The second-order valence-corrected chi connectivity index (χ2v) is 6.00. The lowest BCUT2D eigenvalue weighted by Gasteiger charge is -2.20. The molecule has 2 aromatic carbocycles. The largest absolute Gasteiger partial charge is 0.502 e. The molecule has 1 aliphatic heterocycles. The Balaban J connectivity index is 2.08. The van der Waals surface area contributed by atoms with Gasteiger partial charge >= 0.3 is 5.91 Å². The first-order chi connectivity index (χ1) is 12.5. The normalized spacial score (nSPS) is 14.4. The summed E-state index contributed by atoms with van der Waals surface area (Å²) in [6, 6.07) is 13.4. The summed E-state index contributed by atoms with van der Waals surface area (Å²) in [5.74, 6) is -1.26. The van der Waals surface area contributed by atoms with Crippen molar-refractivity contribution in [2.75, 3.05) is 12.0 Å². The fourth-order valence-corrected chi connectivity index (χ4v) is 2.83. The number of aliphatic hydroxyl groups excluding tert-OH is 1. The molecule has 6 nitrogen and oxygen atoms in total. The SMILES string of the molecule is COc1ccccc1C1=C(O)C(=O)N(c2ccccc2OC(C)C)C1=O. The van der Waals surface area contributed by atoms with Gasteiger partial charge in [0.05, 0.1) is 24.5 Å². The van der Waals surface area contributed by atoms with Gasteiger partial charge in [-0.2, -0.15) is 0 Å². The van der Waals surface area contributed by atoms with Crippen LogP contribution in [0.3, 0.4) is 0 Å². The van der Waals surface area contributed by atoms with Gasteiger partial charge in [0.15, 0.2) is 5.76 Å². The highest BCUT2D eigenvalue weighted by Crippen LogP contribution is 2.39. The van der Waals surface area contributed by atoms with E-state index in [1.807, 2.05) is 13.8 Å². The highest BCUT2D eigenvalue weighted by molar-refractivity contribution is 6.45. The molecule has 1 heterocycles. The number of amides is 2. The predicted molar refractivity (Wildman–Crippen MR) is 97.2 cm³/mol. The van der Waals surface area contributed by atoms with Crippen LogP contribution in [0.15, 0.2) is 54.3 Å². The number of para-hydroxylation sites is 3. The maximum atomic E-state index is 13.0. The minimum absolute atomic E-state index is 0.0909. The van der Waals surface area contributed by atoms with Gasteiger partial charge in [-0.25, -0.2) is 4.90 Å². The zero-order valence-electron chi connectivity index (χ0n) is 14.7. The molecule has 0 spiro atoms. The number of carbonyl (C=O) groups excluding carboxylic acids is 2. The van der Waals surface area contributed by atoms with Crippen LogP contribution in [0.1, 0.15) is 19.4 Å². The Kier molecular flexibility index (Phi) is 4.67. The van der Waals surface area contributed by atoms with Gasteiger partial charge in [-0.1, -0.05) is 30.3 Å². The van der Waals surface area contributed by atoms with E-state index in [0.717, 1.165) is 4.90 Å². The number of imide groups is 1. The highest BCUT2D eigenvalue weighted by atomic mass is 16.5. The molecule has 0 saturated heterocycles. The van der Waals surface area contributed by atoms with Crippen LogP contribution in [0.5, 0.6) is 11.5 Å². The number of aliphatic hydroxyl groups is 1.